The lowest BCUT2D eigenvalue weighted by molar-refractivity contribution is 0.641. The second kappa shape index (κ2) is 4.53. The Bertz CT molecular complexity index is 247. The van der Waals surface area contributed by atoms with Crippen molar-refractivity contribution in [2.75, 3.05) is 13.3 Å². The van der Waals surface area contributed by atoms with E-state index in [4.69, 9.17) is 0 Å². The first kappa shape index (κ1) is 9.62. The Labute approximate surface area is 78.6 Å². The lowest BCUT2D eigenvalue weighted by Crippen LogP contribution is -2.12. The molecule has 1 aromatic rings. The van der Waals surface area contributed by atoms with Crippen LogP contribution >= 0.6 is 11.8 Å². The van der Waals surface area contributed by atoms with Crippen molar-refractivity contribution in [2.45, 2.75) is 17.9 Å². The summed E-state index contributed by atoms with van der Waals surface area (Å²) in [5, 5.41) is 3.24. The molecule has 0 aliphatic heterocycles. The van der Waals surface area contributed by atoms with Crippen molar-refractivity contribution in [3.05, 3.63) is 29.8 Å². The summed E-state index contributed by atoms with van der Waals surface area (Å²) in [6.45, 7) is 2.18. The number of hydrogen-bond acceptors (Lipinski definition) is 2. The van der Waals surface area contributed by atoms with E-state index < -0.39 is 0 Å². The van der Waals surface area contributed by atoms with Gasteiger partial charge in [0.1, 0.15) is 0 Å². The fourth-order valence-electron chi connectivity index (χ4n) is 1.18. The number of nitrogens with one attached hydrogen (secondary N) is 1. The molecule has 12 heavy (non-hydrogen) atoms. The van der Waals surface area contributed by atoms with Crippen molar-refractivity contribution >= 4 is 11.8 Å². The Morgan fingerprint density at radius 2 is 2.00 bits per heavy atom. The second-order valence-corrected chi connectivity index (χ2v) is 3.60. The molecule has 0 saturated heterocycles. The zero-order valence-electron chi connectivity index (χ0n) is 7.79. The predicted molar refractivity (Wildman–Crippen MR) is 55.7 cm³/mol. The molecule has 0 aliphatic carbocycles. The van der Waals surface area contributed by atoms with Gasteiger partial charge >= 0.3 is 0 Å². The molecule has 0 fully saturated rings. The molecule has 1 N–H and O–H groups in total. The zero-order chi connectivity index (χ0) is 8.97. The summed E-state index contributed by atoms with van der Waals surface area (Å²) in [6.07, 6.45) is 2.11. The summed E-state index contributed by atoms with van der Waals surface area (Å²) in [5.41, 5.74) is 1.38. The van der Waals surface area contributed by atoms with Crippen molar-refractivity contribution in [1.82, 2.24) is 5.32 Å². The van der Waals surface area contributed by atoms with E-state index in [0.717, 1.165) is 0 Å². The van der Waals surface area contributed by atoms with Crippen LogP contribution in [0.25, 0.3) is 0 Å². The first-order chi connectivity index (χ1) is 5.79. The minimum absolute atomic E-state index is 0.439. The summed E-state index contributed by atoms with van der Waals surface area (Å²) < 4.78 is 0. The molecule has 0 amide bonds. The van der Waals surface area contributed by atoms with Gasteiger partial charge in [-0.3, -0.25) is 0 Å². The molecule has 1 nitrogen and oxygen atoms in total. The van der Waals surface area contributed by atoms with E-state index in [2.05, 4.69) is 42.8 Å². The molecule has 2 heteroatoms. The monoisotopic (exact) mass is 181 g/mol. The predicted octanol–water partition coefficient (Wildman–Crippen LogP) is 2.69. The quantitative estimate of drug-likeness (QED) is 0.720. The van der Waals surface area contributed by atoms with Gasteiger partial charge in [0.25, 0.3) is 0 Å². The van der Waals surface area contributed by atoms with Crippen LogP contribution in [0.2, 0.25) is 0 Å². The van der Waals surface area contributed by atoms with E-state index in [-0.39, 0.29) is 0 Å². The van der Waals surface area contributed by atoms with E-state index in [9.17, 15) is 0 Å². The summed E-state index contributed by atoms with van der Waals surface area (Å²) in [5.74, 6) is 0. The Kier molecular flexibility index (Phi) is 3.63. The average molecular weight is 181 g/mol. The molecule has 66 valence electrons. The Hall–Kier alpha value is -0.470. The van der Waals surface area contributed by atoms with Crippen LogP contribution in [-0.2, 0) is 0 Å². The van der Waals surface area contributed by atoms with Crippen molar-refractivity contribution < 1.29 is 0 Å². The normalized spacial score (nSPS) is 12.9. The van der Waals surface area contributed by atoms with Crippen LogP contribution in [0.15, 0.2) is 29.2 Å². The molecule has 0 aromatic heterocycles. The highest BCUT2D eigenvalue weighted by Crippen LogP contribution is 2.24. The van der Waals surface area contributed by atoms with Gasteiger partial charge in [-0.15, -0.1) is 11.8 Å². The van der Waals surface area contributed by atoms with Crippen LogP contribution in [0, 0.1) is 0 Å². The second-order valence-electron chi connectivity index (χ2n) is 2.75. The van der Waals surface area contributed by atoms with Gasteiger partial charge in [-0.05, 0) is 31.9 Å². The molecule has 0 saturated carbocycles. The van der Waals surface area contributed by atoms with Crippen LogP contribution in [0.1, 0.15) is 18.5 Å². The Morgan fingerprint density at radius 1 is 1.33 bits per heavy atom. The van der Waals surface area contributed by atoms with E-state index in [0.29, 0.717) is 6.04 Å². The maximum absolute atomic E-state index is 3.24. The summed E-state index contributed by atoms with van der Waals surface area (Å²) in [4.78, 5) is 1.36. The molecular formula is C10H15NS. The maximum Gasteiger partial charge on any atom is 0.0300 e. The van der Waals surface area contributed by atoms with Gasteiger partial charge in [0, 0.05) is 10.9 Å². The SMILES string of the molecule is CNC(C)c1ccccc1SC. The standard InChI is InChI=1S/C10H15NS/c1-8(11-2)9-6-4-5-7-10(9)12-3/h4-8,11H,1-3H3. The Balaban J connectivity index is 2.96. The molecule has 0 spiro atoms. The van der Waals surface area contributed by atoms with Crippen LogP contribution in [0.3, 0.4) is 0 Å². The molecule has 1 unspecified atom stereocenters. The number of benzene rings is 1. The number of hydrogen-bond donors (Lipinski definition) is 1. The minimum Gasteiger partial charge on any atom is -0.313 e. The third-order valence-corrected chi connectivity index (χ3v) is 2.85. The first-order valence-electron chi connectivity index (χ1n) is 4.09. The molecule has 1 atom stereocenters. The fraction of sp³-hybridized carbons (Fsp3) is 0.400. The lowest BCUT2D eigenvalue weighted by atomic mass is 10.1. The highest BCUT2D eigenvalue weighted by molar-refractivity contribution is 7.98. The van der Waals surface area contributed by atoms with Gasteiger partial charge in [0.2, 0.25) is 0 Å². The largest absolute Gasteiger partial charge is 0.313 e. The smallest absolute Gasteiger partial charge is 0.0300 e. The van der Waals surface area contributed by atoms with Crippen LogP contribution < -0.4 is 5.32 Å². The van der Waals surface area contributed by atoms with Gasteiger partial charge in [-0.25, -0.2) is 0 Å². The molecule has 1 aromatic carbocycles. The molecule has 0 aliphatic rings. The minimum atomic E-state index is 0.439. The zero-order valence-corrected chi connectivity index (χ0v) is 8.61. The van der Waals surface area contributed by atoms with Gasteiger partial charge in [0.15, 0.2) is 0 Å². The number of rotatable bonds is 3. The van der Waals surface area contributed by atoms with E-state index in [1.807, 2.05) is 7.05 Å². The topological polar surface area (TPSA) is 12.0 Å². The molecule has 1 rings (SSSR count). The Morgan fingerprint density at radius 3 is 2.58 bits per heavy atom. The molecule has 0 bridgehead atoms. The summed E-state index contributed by atoms with van der Waals surface area (Å²) in [6, 6.07) is 8.94. The van der Waals surface area contributed by atoms with E-state index >= 15 is 0 Å². The van der Waals surface area contributed by atoms with Gasteiger partial charge < -0.3 is 5.32 Å². The third-order valence-electron chi connectivity index (χ3n) is 2.04. The van der Waals surface area contributed by atoms with Crippen molar-refractivity contribution in [3.8, 4) is 0 Å². The molecule has 0 radical (unpaired) electrons. The third kappa shape index (κ3) is 2.02. The van der Waals surface area contributed by atoms with Crippen molar-refractivity contribution in [1.29, 1.82) is 0 Å². The van der Waals surface area contributed by atoms with Gasteiger partial charge in [-0.2, -0.15) is 0 Å². The highest BCUT2D eigenvalue weighted by Gasteiger charge is 2.05. The highest BCUT2D eigenvalue weighted by atomic mass is 32.2. The van der Waals surface area contributed by atoms with Crippen LogP contribution in [-0.4, -0.2) is 13.3 Å². The van der Waals surface area contributed by atoms with Crippen LogP contribution in [0.5, 0.6) is 0 Å². The van der Waals surface area contributed by atoms with E-state index in [1.54, 1.807) is 11.8 Å². The van der Waals surface area contributed by atoms with Crippen molar-refractivity contribution in [3.63, 3.8) is 0 Å². The number of thioether (sulfide) groups is 1. The summed E-state index contributed by atoms with van der Waals surface area (Å²) >= 11 is 1.80. The van der Waals surface area contributed by atoms with Crippen molar-refractivity contribution in [2.24, 2.45) is 0 Å². The van der Waals surface area contributed by atoms with E-state index in [1.165, 1.54) is 10.5 Å². The average Bonchev–Trinajstić information content (AvgIpc) is 2.16. The van der Waals surface area contributed by atoms with Crippen LogP contribution in [0.4, 0.5) is 0 Å². The first-order valence-corrected chi connectivity index (χ1v) is 5.32. The molecule has 0 heterocycles. The maximum atomic E-state index is 3.24. The molecular weight excluding hydrogens is 166 g/mol. The summed E-state index contributed by atoms with van der Waals surface area (Å²) in [7, 11) is 1.99. The lowest BCUT2D eigenvalue weighted by Gasteiger charge is -2.13. The fourth-order valence-corrected chi connectivity index (χ4v) is 1.87. The van der Waals surface area contributed by atoms with Gasteiger partial charge in [0.05, 0.1) is 0 Å². The van der Waals surface area contributed by atoms with Gasteiger partial charge in [-0.1, -0.05) is 18.2 Å².